The summed E-state index contributed by atoms with van der Waals surface area (Å²) in [7, 11) is -13.8. The average molecular weight is 2400 g/mol. The number of alkyl halides is 4. The van der Waals surface area contributed by atoms with Gasteiger partial charge in [-0.1, -0.05) is 144 Å². The summed E-state index contributed by atoms with van der Waals surface area (Å²) in [5.41, 5.74) is 15.8. The molecule has 0 radical (unpaired) electrons. The van der Waals surface area contributed by atoms with Gasteiger partial charge in [0.05, 0.1) is 102 Å². The van der Waals surface area contributed by atoms with Crippen LogP contribution in [0.25, 0.3) is 11.4 Å². The van der Waals surface area contributed by atoms with Crippen LogP contribution in [0.3, 0.4) is 0 Å². The van der Waals surface area contributed by atoms with Crippen molar-refractivity contribution in [3.05, 3.63) is 222 Å². The normalized spacial score (nSPS) is 10.7. The Balaban J connectivity index is -0.000000505. The molecule has 774 valence electrons. The summed E-state index contributed by atoms with van der Waals surface area (Å²) in [5.74, 6) is 5.15. The summed E-state index contributed by atoms with van der Waals surface area (Å²) in [6.07, 6.45) is 4.59. The maximum atomic E-state index is 12.4. The number of thioether (sulfide) groups is 1. The summed E-state index contributed by atoms with van der Waals surface area (Å²) in [6.45, 7) is 18.7. The number of H-pyrrole nitrogens is 1. The van der Waals surface area contributed by atoms with Crippen LogP contribution in [-0.2, 0) is 110 Å². The van der Waals surface area contributed by atoms with E-state index in [1.165, 1.54) is 135 Å². The summed E-state index contributed by atoms with van der Waals surface area (Å²) in [5, 5.41) is 57.7. The fraction of sp³-hybridized carbons (Fsp3) is 0.259. The standard InChI is InChI=1S/C19H20ClN5O3S2.C11H13N3S.C8H8Cl2N2O3S.C8H7Cl2NO3S.C8H9ClN2O3S.C8H11N3S.C6H7ClN2O2S.C5H10O2.C4H8O.C2H2Cl2O.CH2Cl2.CH2O3.2K.H3N.H/c1-3-17-23-24-19(25(17)13-6-4-12(2)5-7-13)29-11-18(26)22-16-9-8-14(10-15(16)20)30(21,27)28;1-3-10-12-13-11(15)14(10)9-6-4-8(2)5-7-9;9-4-8(13)12-7-2-1-5(3-6(7)10)16(11,14)15;2*1-5(12)11-8-3-2-6(4-7(8)9)15(10,13)14;1-6-2-4-7(5-3-6)10-8(12)11-9;7-5-3-4(12(9,10)11)1-2-6(5)8;1-3-5(6)7-4-2;1-2-4-5-3-1;3-1-2(4)5;2-1-3;2-1-4-3;;;;/h4-10H,3,11H2,1-2H3,(H,22,26)(H2,21,27,28);4-7H,3H2,1-2H3,(H,13,15);1-3H,4H2,(H,12,13)(H2,11,14,15);2-4H,1H3,(H,11,12);2-4H,1H3,(H,11,12)(H2,10,13,14);2-5H,9H2,1H3,(H2,10,11,12);1-3H,8H2,(H2,9,10,11);3-4H2,1-2H3;1-4H2;1H2;1H2;1,3H;;;1H3;/q;;;;;;;;;;;;2*+1;;-1/p-1. The molecular weight excluding hydrogens is 2300 g/mol. The van der Waals surface area contributed by atoms with Crippen LogP contribution < -0.4 is 178 Å². The second kappa shape index (κ2) is 75.2. The van der Waals surface area contributed by atoms with Crippen molar-refractivity contribution in [1.82, 2.24) is 41.1 Å². The number of nitrogen functional groups attached to an aromatic ring is 1. The number of ether oxygens (including phenoxy) is 2. The second-order valence-corrected chi connectivity index (χ2v) is 40.7. The Morgan fingerprint density at radius 1 is 0.542 bits per heavy atom. The van der Waals surface area contributed by atoms with E-state index in [-0.39, 0.29) is 219 Å². The summed E-state index contributed by atoms with van der Waals surface area (Å²) < 4.78 is 124. The quantitative estimate of drug-likeness (QED) is 0.00257. The molecule has 1 aliphatic rings. The number of amides is 4. The Kier molecular flexibility index (Phi) is 75.6. The van der Waals surface area contributed by atoms with Gasteiger partial charge in [0.25, 0.3) is 15.5 Å². The molecule has 1 aliphatic heterocycles. The maximum Gasteiger partial charge on any atom is 1.00 e. The van der Waals surface area contributed by atoms with Gasteiger partial charge in [-0.3, -0.25) is 47.8 Å². The topological polar surface area (TPSA) is 669 Å². The number of sulfonamides is 4. The van der Waals surface area contributed by atoms with Crippen LogP contribution in [0.2, 0.25) is 25.1 Å². The third-order valence-electron chi connectivity index (χ3n) is 15.6. The number of benzene rings is 8. The molecule has 4 amide bonds. The number of aromatic amines is 1. The fourth-order valence-corrected chi connectivity index (χ4v) is 14.9. The predicted octanol–water partition coefficient (Wildman–Crippen LogP) is 8.92. The van der Waals surface area contributed by atoms with Crippen molar-refractivity contribution in [3.8, 4) is 11.4 Å². The van der Waals surface area contributed by atoms with Crippen molar-refractivity contribution < 1.29 is 199 Å². The van der Waals surface area contributed by atoms with Crippen molar-refractivity contribution in [3.63, 3.8) is 0 Å². The first-order valence-corrected chi connectivity index (χ1v) is 53.6. The van der Waals surface area contributed by atoms with E-state index in [1.807, 2.05) is 78.4 Å². The Bertz CT molecular complexity index is 6280. The van der Waals surface area contributed by atoms with E-state index in [0.29, 0.717) is 57.2 Å². The first-order chi connectivity index (χ1) is 64.9. The van der Waals surface area contributed by atoms with Crippen molar-refractivity contribution in [2.45, 2.75) is 124 Å². The SMILES string of the molecule is C1CCOC1.CC(=O)Nc1ccc(S(=O)(=O)Cl)cc1Cl.CC(=O)Nc1ccc(S(N)(=O)=O)cc1Cl.CCOC(=O)CC.CCc1n[nH]c(=S)n1-c1ccc(C)cc1.CCc1nnc(SCC(=O)Nc2ccc(S(N)(=O)=O)cc2Cl)n1-c1ccc(C)cc1.Cc1ccc(NC(=S)NN)cc1.ClCCl.N.NS(=O)(=O)c1ccc(NC(=O)CCl)c(Cl)c1.Nc1ccc(S(N)(=O)=O)cc1Cl.O=C(Cl)CCl.O=CO[O-].[H-].[K+].[K+]. The number of rotatable bonds is 22. The molecule has 22 N–H and O–H groups in total. The van der Waals surface area contributed by atoms with Gasteiger partial charge in [0.2, 0.25) is 69.0 Å². The number of thiocarbonyl (C=S) groups is 1. The van der Waals surface area contributed by atoms with Crippen LogP contribution in [0.15, 0.2) is 193 Å². The number of aryl methyl sites for hydroxylation is 5. The molecule has 1 saturated heterocycles. The number of hydrazine groups is 1. The fourth-order valence-electron chi connectivity index (χ4n) is 9.32. The Morgan fingerprint density at radius 2 is 0.887 bits per heavy atom. The molecule has 8 aromatic carbocycles. The van der Waals surface area contributed by atoms with E-state index in [1.54, 1.807) is 13.8 Å². The predicted molar refractivity (Wildman–Crippen MR) is 559 cm³/mol. The molecule has 0 unspecified atom stereocenters. The number of primary sulfonamides is 4. The molecule has 0 bridgehead atoms. The van der Waals surface area contributed by atoms with Crippen molar-refractivity contribution in [2.24, 2.45) is 26.4 Å². The van der Waals surface area contributed by atoms with Gasteiger partial charge in [0.15, 0.2) is 15.0 Å². The minimum atomic E-state index is -3.87. The van der Waals surface area contributed by atoms with Gasteiger partial charge < -0.3 is 64.9 Å². The Hall–Kier alpha value is -5.52. The summed E-state index contributed by atoms with van der Waals surface area (Å²) >= 11 is 64.5. The first kappa shape index (κ1) is 143. The number of anilines is 6. The number of nitrogens with one attached hydrogen (secondary N) is 7. The van der Waals surface area contributed by atoms with Gasteiger partial charge >= 0.3 is 109 Å². The molecule has 0 saturated carbocycles. The molecule has 11 rings (SSSR count). The van der Waals surface area contributed by atoms with Gasteiger partial charge in [-0.2, -0.15) is 5.10 Å². The third kappa shape index (κ3) is 60.2. The largest absolute Gasteiger partial charge is 1.00 e. The number of esters is 1. The van der Waals surface area contributed by atoms with Gasteiger partial charge in [-0.25, -0.2) is 68.5 Å². The van der Waals surface area contributed by atoms with Crippen LogP contribution in [-0.4, -0.2) is 161 Å². The Morgan fingerprint density at radius 3 is 1.18 bits per heavy atom. The molecule has 10 aromatic rings. The summed E-state index contributed by atoms with van der Waals surface area (Å²) in [6, 6.07) is 43.3. The first-order valence-electron chi connectivity index (χ1n) is 38.9. The third-order valence-corrected chi connectivity index (χ3v) is 24.4. The average Bonchev–Trinajstić information content (AvgIpc) is 1.72. The second-order valence-electron chi connectivity index (χ2n) is 26.4. The van der Waals surface area contributed by atoms with E-state index in [9.17, 15) is 70.9 Å². The molecule has 3 heterocycles. The number of halogens is 11. The number of hydrogen-bond acceptors (Lipinski definition) is 30. The van der Waals surface area contributed by atoms with Crippen molar-refractivity contribution in [1.29, 1.82) is 0 Å². The van der Waals surface area contributed by atoms with Crippen LogP contribution in [0.5, 0.6) is 0 Å². The van der Waals surface area contributed by atoms with Gasteiger partial charge in [-0.15, -0.1) is 56.6 Å². The van der Waals surface area contributed by atoms with E-state index in [0.717, 1.165) is 60.0 Å². The minimum Gasteiger partial charge on any atom is -1.00 e. The van der Waals surface area contributed by atoms with Crippen LogP contribution >= 0.6 is 163 Å². The Labute approximate surface area is 979 Å². The zero-order chi connectivity index (χ0) is 106. The molecule has 1 fully saturated rings. The summed E-state index contributed by atoms with van der Waals surface area (Å²) in [4.78, 5) is 75.2. The number of nitrogens with zero attached hydrogens (tertiary/aromatic N) is 5. The molecule has 0 atom stereocenters. The van der Waals surface area contributed by atoms with Gasteiger partial charge in [-0.05, 0) is 204 Å². The molecule has 2 aromatic heterocycles. The van der Waals surface area contributed by atoms with Gasteiger partial charge in [0, 0.05) is 74.1 Å². The van der Waals surface area contributed by atoms with E-state index in [4.69, 9.17) is 198 Å². The zero-order valence-electron chi connectivity index (χ0n) is 78.6. The molecule has 142 heavy (non-hydrogen) atoms. The van der Waals surface area contributed by atoms with E-state index < -0.39 is 60.3 Å². The molecular formula is C81H102Cl11K2N19O21S8. The number of hydrogen-bond donors (Lipinski definition) is 14. The monoisotopic (exact) mass is 2400 g/mol. The van der Waals surface area contributed by atoms with Crippen LogP contribution in [0.4, 0.5) is 34.1 Å². The van der Waals surface area contributed by atoms with E-state index >= 15 is 0 Å². The number of carbonyl (C=O) groups excluding carboxylic acids is 7. The molecule has 40 nitrogen and oxygen atoms in total. The molecule has 0 aliphatic carbocycles. The number of nitrogens with two attached hydrogens (primary N) is 6. The van der Waals surface area contributed by atoms with Crippen molar-refractivity contribution >= 4 is 293 Å². The number of carbonyl (C=O) groups is 7. The van der Waals surface area contributed by atoms with Crippen LogP contribution in [0, 0.1) is 25.5 Å². The van der Waals surface area contributed by atoms with Gasteiger partial charge in [0.1, 0.15) is 17.5 Å². The minimum absolute atomic E-state index is 0. The number of aromatic nitrogens is 6. The molecule has 61 heteroatoms. The molecule has 0 spiro atoms. The maximum absolute atomic E-state index is 12.4. The van der Waals surface area contributed by atoms with Crippen LogP contribution in [0.1, 0.15) is 90.6 Å². The zero-order valence-corrected chi connectivity index (χ0v) is 98.6. The smallest absolute Gasteiger partial charge is 1.00 e. The van der Waals surface area contributed by atoms with Crippen molar-refractivity contribution in [2.75, 3.05) is 75.0 Å². The van der Waals surface area contributed by atoms with E-state index in [2.05, 4.69) is 100 Å².